The Morgan fingerprint density at radius 3 is 1.77 bits per heavy atom. The minimum Gasteiger partial charge on any atom is -0.299 e. The fourth-order valence-corrected chi connectivity index (χ4v) is 1.60. The maximum Gasteiger partial charge on any atom is 0.143 e. The molecule has 0 heterocycles. The third kappa shape index (κ3) is 4.20. The van der Waals surface area contributed by atoms with Crippen molar-refractivity contribution in [1.29, 1.82) is 0 Å². The highest BCUT2D eigenvalue weighted by atomic mass is 16.1. The summed E-state index contributed by atoms with van der Waals surface area (Å²) in [7, 11) is 0. The van der Waals surface area contributed by atoms with Gasteiger partial charge >= 0.3 is 0 Å². The van der Waals surface area contributed by atoms with E-state index >= 15 is 0 Å². The molecule has 0 amide bonds. The third-order valence-electron chi connectivity index (χ3n) is 2.06. The van der Waals surface area contributed by atoms with E-state index in [0.29, 0.717) is 12.3 Å². The lowest BCUT2D eigenvalue weighted by Crippen LogP contribution is -2.27. The first-order chi connectivity index (χ1) is 5.86. The van der Waals surface area contributed by atoms with Gasteiger partial charge in [-0.15, -0.1) is 0 Å². The maximum atomic E-state index is 11.6. The van der Waals surface area contributed by atoms with E-state index in [4.69, 9.17) is 0 Å². The number of hydrogen-bond acceptors (Lipinski definition) is 2. The van der Waals surface area contributed by atoms with E-state index in [1.165, 1.54) is 6.92 Å². The smallest absolute Gasteiger partial charge is 0.143 e. The number of ketones is 2. The Morgan fingerprint density at radius 2 is 1.54 bits per heavy atom. The number of carbonyl (C=O) groups is 2. The van der Waals surface area contributed by atoms with Crippen LogP contribution < -0.4 is 0 Å². The quantitative estimate of drug-likeness (QED) is 0.615. The topological polar surface area (TPSA) is 34.1 Å². The number of carbonyl (C=O) groups excluding carboxylic acids is 2. The van der Waals surface area contributed by atoms with E-state index in [9.17, 15) is 9.59 Å². The zero-order valence-electron chi connectivity index (χ0n) is 9.26. The fourth-order valence-electron chi connectivity index (χ4n) is 1.60. The second-order valence-electron chi connectivity index (χ2n) is 4.40. The molecule has 0 N–H and O–H groups in total. The van der Waals surface area contributed by atoms with E-state index in [-0.39, 0.29) is 23.4 Å². The molecule has 0 saturated heterocycles. The van der Waals surface area contributed by atoms with Crippen molar-refractivity contribution in [1.82, 2.24) is 0 Å². The van der Waals surface area contributed by atoms with E-state index < -0.39 is 0 Å². The van der Waals surface area contributed by atoms with Gasteiger partial charge in [0, 0.05) is 6.42 Å². The molecule has 2 heteroatoms. The second-order valence-corrected chi connectivity index (χ2v) is 4.40. The first-order valence-corrected chi connectivity index (χ1v) is 4.89. The number of Topliss-reactive ketones (excluding diaryl/α,β-unsaturated/α-hetero) is 2. The number of hydrogen-bond donors (Lipinski definition) is 0. The van der Waals surface area contributed by atoms with Crippen LogP contribution in [0.25, 0.3) is 0 Å². The van der Waals surface area contributed by atoms with E-state index in [1.807, 2.05) is 27.7 Å². The van der Waals surface area contributed by atoms with Crippen molar-refractivity contribution in [3.8, 4) is 0 Å². The molecule has 0 saturated carbocycles. The van der Waals surface area contributed by atoms with Gasteiger partial charge in [-0.1, -0.05) is 27.7 Å². The lowest BCUT2D eigenvalue weighted by atomic mass is 9.85. The van der Waals surface area contributed by atoms with E-state index in [1.54, 1.807) is 0 Å². The van der Waals surface area contributed by atoms with Gasteiger partial charge in [0.1, 0.15) is 11.6 Å². The molecule has 0 aliphatic rings. The number of rotatable bonds is 5. The lowest BCUT2D eigenvalue weighted by molar-refractivity contribution is -0.133. The zero-order valence-corrected chi connectivity index (χ0v) is 9.26. The average molecular weight is 184 g/mol. The molecular formula is C11H20O2. The van der Waals surface area contributed by atoms with Gasteiger partial charge < -0.3 is 0 Å². The van der Waals surface area contributed by atoms with Gasteiger partial charge in [0.05, 0.1) is 5.92 Å². The summed E-state index contributed by atoms with van der Waals surface area (Å²) >= 11 is 0. The average Bonchev–Trinajstić information content (AvgIpc) is 1.81. The maximum absolute atomic E-state index is 11.6. The molecule has 0 rings (SSSR count). The highest BCUT2D eigenvalue weighted by Gasteiger charge is 2.26. The first-order valence-electron chi connectivity index (χ1n) is 4.89. The molecule has 0 spiro atoms. The molecule has 0 aliphatic heterocycles. The van der Waals surface area contributed by atoms with Gasteiger partial charge in [0.25, 0.3) is 0 Å². The summed E-state index contributed by atoms with van der Waals surface area (Å²) < 4.78 is 0. The van der Waals surface area contributed by atoms with Crippen molar-refractivity contribution in [3.63, 3.8) is 0 Å². The Hall–Kier alpha value is -0.660. The first kappa shape index (κ1) is 12.3. The summed E-state index contributed by atoms with van der Waals surface area (Å²) in [6.45, 7) is 9.34. The molecule has 0 aliphatic carbocycles. The summed E-state index contributed by atoms with van der Waals surface area (Å²) in [4.78, 5) is 22.8. The molecule has 1 atom stereocenters. The Labute approximate surface area is 80.7 Å². The largest absolute Gasteiger partial charge is 0.299 e. The highest BCUT2D eigenvalue weighted by Crippen LogP contribution is 2.17. The van der Waals surface area contributed by atoms with Crippen molar-refractivity contribution < 1.29 is 9.59 Å². The molecule has 0 aromatic rings. The van der Waals surface area contributed by atoms with Crippen LogP contribution in [0.2, 0.25) is 0 Å². The Bertz CT molecular complexity index is 192. The molecule has 76 valence electrons. The van der Waals surface area contributed by atoms with Crippen molar-refractivity contribution in [2.75, 3.05) is 0 Å². The van der Waals surface area contributed by atoms with Crippen LogP contribution in [0.15, 0.2) is 0 Å². The van der Waals surface area contributed by atoms with Crippen LogP contribution in [0.5, 0.6) is 0 Å². The molecule has 2 nitrogen and oxygen atoms in total. The molecular weight excluding hydrogens is 164 g/mol. The fraction of sp³-hybridized carbons (Fsp3) is 0.818. The van der Waals surface area contributed by atoms with Gasteiger partial charge in [0.2, 0.25) is 0 Å². The van der Waals surface area contributed by atoms with E-state index in [2.05, 4.69) is 0 Å². The summed E-state index contributed by atoms with van der Waals surface area (Å²) in [5.74, 6) is 0.178. The van der Waals surface area contributed by atoms with Crippen molar-refractivity contribution in [3.05, 3.63) is 0 Å². The van der Waals surface area contributed by atoms with Gasteiger partial charge in [0.15, 0.2) is 0 Å². The van der Waals surface area contributed by atoms with Crippen LogP contribution in [-0.4, -0.2) is 11.6 Å². The standard InChI is InChI=1S/C11H20O2/c1-7(2)6-10(13)11(8(3)4)9(5)12/h7-8,11H,6H2,1-5H3/t11-/m0/s1. The SMILES string of the molecule is CC(=O)[C@@H](C(=O)CC(C)C)C(C)C. The minimum absolute atomic E-state index is 0.000602. The van der Waals surface area contributed by atoms with Crippen molar-refractivity contribution in [2.45, 2.75) is 41.0 Å². The molecule has 0 radical (unpaired) electrons. The van der Waals surface area contributed by atoms with Crippen LogP contribution in [-0.2, 0) is 9.59 Å². The summed E-state index contributed by atoms with van der Waals surface area (Å²) in [5.41, 5.74) is 0. The second kappa shape index (κ2) is 5.15. The molecule has 0 fully saturated rings. The highest BCUT2D eigenvalue weighted by molar-refractivity contribution is 6.01. The Kier molecular flexibility index (Phi) is 4.89. The van der Waals surface area contributed by atoms with Crippen molar-refractivity contribution in [2.24, 2.45) is 17.8 Å². The van der Waals surface area contributed by atoms with Gasteiger partial charge in [-0.3, -0.25) is 9.59 Å². The molecule has 0 bridgehead atoms. The van der Waals surface area contributed by atoms with Crippen LogP contribution in [0, 0.1) is 17.8 Å². The van der Waals surface area contributed by atoms with Crippen molar-refractivity contribution >= 4 is 11.6 Å². The predicted octanol–water partition coefficient (Wildman–Crippen LogP) is 2.46. The monoisotopic (exact) mass is 184 g/mol. The predicted molar refractivity (Wildman–Crippen MR) is 53.5 cm³/mol. The normalized spacial score (nSPS) is 13.5. The summed E-state index contributed by atoms with van der Waals surface area (Å²) in [6.07, 6.45) is 0.516. The van der Waals surface area contributed by atoms with Crippen LogP contribution in [0.1, 0.15) is 41.0 Å². The molecule has 13 heavy (non-hydrogen) atoms. The summed E-state index contributed by atoms with van der Waals surface area (Å²) in [5, 5.41) is 0. The van der Waals surface area contributed by atoms with Crippen LogP contribution >= 0.6 is 0 Å². The molecule has 0 aromatic carbocycles. The van der Waals surface area contributed by atoms with Crippen LogP contribution in [0.4, 0.5) is 0 Å². The van der Waals surface area contributed by atoms with Gasteiger partial charge in [-0.2, -0.15) is 0 Å². The Balaban J connectivity index is 4.38. The minimum atomic E-state index is -0.387. The summed E-state index contributed by atoms with van der Waals surface area (Å²) in [6, 6.07) is 0. The van der Waals surface area contributed by atoms with Gasteiger partial charge in [-0.05, 0) is 18.8 Å². The Morgan fingerprint density at radius 1 is 1.08 bits per heavy atom. The molecule has 0 unspecified atom stereocenters. The molecule has 0 aromatic heterocycles. The van der Waals surface area contributed by atoms with Gasteiger partial charge in [-0.25, -0.2) is 0 Å². The third-order valence-corrected chi connectivity index (χ3v) is 2.06. The van der Waals surface area contributed by atoms with Crippen LogP contribution in [0.3, 0.4) is 0 Å². The zero-order chi connectivity index (χ0) is 10.6. The van der Waals surface area contributed by atoms with E-state index in [0.717, 1.165) is 0 Å². The lowest BCUT2D eigenvalue weighted by Gasteiger charge is -2.17.